The minimum Gasteiger partial charge on any atom is -0.353 e. The van der Waals surface area contributed by atoms with Crippen LogP contribution in [0.2, 0.25) is 0 Å². The molecule has 2 unspecified atom stereocenters. The van der Waals surface area contributed by atoms with E-state index in [4.69, 9.17) is 5.73 Å². The molecule has 0 aromatic carbocycles. The van der Waals surface area contributed by atoms with Gasteiger partial charge in [0, 0.05) is 37.5 Å². The fourth-order valence-corrected chi connectivity index (χ4v) is 3.73. The summed E-state index contributed by atoms with van der Waals surface area (Å²) >= 11 is 0. The van der Waals surface area contributed by atoms with Gasteiger partial charge in [0.05, 0.1) is 0 Å². The molecule has 1 aliphatic carbocycles. The zero-order valence-electron chi connectivity index (χ0n) is 13.9. The first-order chi connectivity index (χ1) is 10.6. The molecule has 2 fully saturated rings. The van der Waals surface area contributed by atoms with E-state index in [-0.39, 0.29) is 29.8 Å². The summed E-state index contributed by atoms with van der Waals surface area (Å²) in [6, 6.07) is 0.0878. The molecular formula is C17H31N3O2. The topological polar surface area (TPSA) is 75.4 Å². The molecule has 2 aliphatic rings. The lowest BCUT2D eigenvalue weighted by Crippen LogP contribution is -2.49. The van der Waals surface area contributed by atoms with E-state index in [0.29, 0.717) is 13.0 Å². The molecule has 0 radical (unpaired) electrons. The van der Waals surface area contributed by atoms with Gasteiger partial charge in [-0.3, -0.25) is 9.59 Å². The molecule has 3 N–H and O–H groups in total. The van der Waals surface area contributed by atoms with Gasteiger partial charge in [-0.1, -0.05) is 19.3 Å². The molecule has 0 aromatic rings. The van der Waals surface area contributed by atoms with E-state index >= 15 is 0 Å². The van der Waals surface area contributed by atoms with Crippen molar-refractivity contribution in [3.63, 3.8) is 0 Å². The van der Waals surface area contributed by atoms with Crippen LogP contribution in [-0.2, 0) is 9.59 Å². The summed E-state index contributed by atoms with van der Waals surface area (Å²) in [6.07, 6.45) is 9.13. The first-order valence-corrected chi connectivity index (χ1v) is 8.91. The largest absolute Gasteiger partial charge is 0.353 e. The quantitative estimate of drug-likeness (QED) is 0.813. The van der Waals surface area contributed by atoms with Gasteiger partial charge in [-0.05, 0) is 39.0 Å². The van der Waals surface area contributed by atoms with E-state index in [2.05, 4.69) is 5.32 Å². The van der Waals surface area contributed by atoms with Crippen molar-refractivity contribution in [1.29, 1.82) is 0 Å². The van der Waals surface area contributed by atoms with E-state index < -0.39 is 0 Å². The van der Waals surface area contributed by atoms with E-state index in [1.54, 1.807) is 0 Å². The average molecular weight is 309 g/mol. The molecule has 22 heavy (non-hydrogen) atoms. The lowest BCUT2D eigenvalue weighted by molar-refractivity contribution is -0.135. The second-order valence-electron chi connectivity index (χ2n) is 6.92. The Balaban J connectivity index is 1.78. The van der Waals surface area contributed by atoms with Crippen molar-refractivity contribution in [3.8, 4) is 0 Å². The zero-order chi connectivity index (χ0) is 15.9. The SMILES string of the molecule is CC(CC(=O)N1CCCCC1CN)NC(=O)C1CCCCC1. The van der Waals surface area contributed by atoms with Crippen LogP contribution in [0.5, 0.6) is 0 Å². The van der Waals surface area contributed by atoms with Gasteiger partial charge in [0.2, 0.25) is 11.8 Å². The van der Waals surface area contributed by atoms with Crippen molar-refractivity contribution in [3.05, 3.63) is 0 Å². The number of carbonyl (C=O) groups is 2. The van der Waals surface area contributed by atoms with E-state index in [0.717, 1.165) is 51.5 Å². The summed E-state index contributed by atoms with van der Waals surface area (Å²) < 4.78 is 0. The monoisotopic (exact) mass is 309 g/mol. The highest BCUT2D eigenvalue weighted by Crippen LogP contribution is 2.24. The van der Waals surface area contributed by atoms with Crippen molar-refractivity contribution >= 4 is 11.8 Å². The predicted molar refractivity (Wildman–Crippen MR) is 87.2 cm³/mol. The molecule has 2 atom stereocenters. The van der Waals surface area contributed by atoms with Gasteiger partial charge < -0.3 is 16.0 Å². The van der Waals surface area contributed by atoms with Crippen LogP contribution in [-0.4, -0.2) is 41.9 Å². The number of hydrogen-bond donors (Lipinski definition) is 2. The van der Waals surface area contributed by atoms with Crippen molar-refractivity contribution < 1.29 is 9.59 Å². The first kappa shape index (κ1) is 17.3. The van der Waals surface area contributed by atoms with Gasteiger partial charge in [0.25, 0.3) is 0 Å². The number of nitrogens with zero attached hydrogens (tertiary/aromatic N) is 1. The predicted octanol–water partition coefficient (Wildman–Crippen LogP) is 1.80. The Morgan fingerprint density at radius 1 is 1.14 bits per heavy atom. The maximum atomic E-state index is 12.5. The standard InChI is InChI=1S/C17H31N3O2/c1-13(19-17(22)14-7-3-2-4-8-14)11-16(21)20-10-6-5-9-15(20)12-18/h13-15H,2-12,18H2,1H3,(H,19,22). The van der Waals surface area contributed by atoms with Crippen LogP contribution in [0.4, 0.5) is 0 Å². The highest BCUT2D eigenvalue weighted by Gasteiger charge is 2.28. The Labute approximate surface area is 134 Å². The molecular weight excluding hydrogens is 278 g/mol. The maximum Gasteiger partial charge on any atom is 0.224 e. The maximum absolute atomic E-state index is 12.5. The third-order valence-electron chi connectivity index (χ3n) is 5.06. The third-order valence-corrected chi connectivity index (χ3v) is 5.06. The second kappa shape index (κ2) is 8.51. The highest BCUT2D eigenvalue weighted by atomic mass is 16.2. The normalized spacial score (nSPS) is 24.8. The van der Waals surface area contributed by atoms with Gasteiger partial charge in [-0.25, -0.2) is 0 Å². The minimum absolute atomic E-state index is 0.0951. The van der Waals surface area contributed by atoms with Crippen LogP contribution in [0.25, 0.3) is 0 Å². The summed E-state index contributed by atoms with van der Waals surface area (Å²) in [5.41, 5.74) is 5.78. The van der Waals surface area contributed by atoms with Crippen molar-refractivity contribution in [2.45, 2.75) is 76.8 Å². The number of piperidine rings is 1. The Morgan fingerprint density at radius 3 is 2.50 bits per heavy atom. The average Bonchev–Trinajstić information content (AvgIpc) is 2.55. The third kappa shape index (κ3) is 4.70. The number of rotatable bonds is 5. The lowest BCUT2D eigenvalue weighted by Gasteiger charge is -2.36. The molecule has 1 aliphatic heterocycles. The molecule has 0 spiro atoms. The van der Waals surface area contributed by atoms with Crippen LogP contribution >= 0.6 is 0 Å². The number of amides is 2. The van der Waals surface area contributed by atoms with Gasteiger partial charge in [0.15, 0.2) is 0 Å². The van der Waals surface area contributed by atoms with Gasteiger partial charge >= 0.3 is 0 Å². The molecule has 126 valence electrons. The van der Waals surface area contributed by atoms with Gasteiger partial charge in [0.1, 0.15) is 0 Å². The molecule has 5 nitrogen and oxygen atoms in total. The van der Waals surface area contributed by atoms with Crippen molar-refractivity contribution in [2.75, 3.05) is 13.1 Å². The molecule has 0 aromatic heterocycles. The van der Waals surface area contributed by atoms with E-state index in [1.165, 1.54) is 6.42 Å². The van der Waals surface area contributed by atoms with E-state index in [9.17, 15) is 9.59 Å². The van der Waals surface area contributed by atoms with Crippen LogP contribution in [0.15, 0.2) is 0 Å². The van der Waals surface area contributed by atoms with Crippen molar-refractivity contribution in [2.24, 2.45) is 11.7 Å². The fourth-order valence-electron chi connectivity index (χ4n) is 3.73. The number of carbonyl (C=O) groups excluding carboxylic acids is 2. The Hall–Kier alpha value is -1.10. The van der Waals surface area contributed by atoms with Crippen LogP contribution < -0.4 is 11.1 Å². The van der Waals surface area contributed by atoms with Gasteiger partial charge in [-0.15, -0.1) is 0 Å². The van der Waals surface area contributed by atoms with Gasteiger partial charge in [-0.2, -0.15) is 0 Å². The molecule has 1 saturated carbocycles. The molecule has 1 saturated heterocycles. The van der Waals surface area contributed by atoms with Crippen LogP contribution in [0, 0.1) is 5.92 Å². The summed E-state index contributed by atoms with van der Waals surface area (Å²) in [5, 5.41) is 3.03. The van der Waals surface area contributed by atoms with Crippen LogP contribution in [0.3, 0.4) is 0 Å². The molecule has 1 heterocycles. The summed E-state index contributed by atoms with van der Waals surface area (Å²) in [4.78, 5) is 26.6. The Kier molecular flexibility index (Phi) is 6.68. The number of nitrogens with one attached hydrogen (secondary N) is 1. The number of hydrogen-bond acceptors (Lipinski definition) is 3. The van der Waals surface area contributed by atoms with E-state index in [1.807, 2.05) is 11.8 Å². The molecule has 0 bridgehead atoms. The van der Waals surface area contributed by atoms with Crippen molar-refractivity contribution in [1.82, 2.24) is 10.2 Å². The Bertz CT molecular complexity index is 380. The smallest absolute Gasteiger partial charge is 0.224 e. The number of likely N-dealkylation sites (tertiary alicyclic amines) is 1. The summed E-state index contributed by atoms with van der Waals surface area (Å²) in [7, 11) is 0. The van der Waals surface area contributed by atoms with Crippen LogP contribution in [0.1, 0.15) is 64.7 Å². The fraction of sp³-hybridized carbons (Fsp3) is 0.882. The summed E-state index contributed by atoms with van der Waals surface area (Å²) in [6.45, 7) is 3.28. The highest BCUT2D eigenvalue weighted by molar-refractivity contribution is 5.81. The zero-order valence-corrected chi connectivity index (χ0v) is 13.9. The number of nitrogens with two attached hydrogens (primary N) is 1. The lowest BCUT2D eigenvalue weighted by atomic mass is 9.88. The summed E-state index contributed by atoms with van der Waals surface area (Å²) in [5.74, 6) is 0.415. The first-order valence-electron chi connectivity index (χ1n) is 8.91. The molecule has 2 rings (SSSR count). The minimum atomic E-state index is -0.0951. The second-order valence-corrected chi connectivity index (χ2v) is 6.92. The molecule has 5 heteroatoms. The molecule has 2 amide bonds. The Morgan fingerprint density at radius 2 is 1.82 bits per heavy atom.